The molecule has 0 spiro atoms. The van der Waals surface area contributed by atoms with Gasteiger partial charge in [0.05, 0.1) is 11.1 Å². The van der Waals surface area contributed by atoms with Crippen LogP contribution in [0.5, 0.6) is 5.75 Å². The molecule has 2 amide bonds. The molecular weight excluding hydrogens is 376 g/mol. The molecule has 0 aromatic heterocycles. The zero-order valence-corrected chi connectivity index (χ0v) is 15.8. The lowest BCUT2D eigenvalue weighted by Crippen LogP contribution is -2.43. The van der Waals surface area contributed by atoms with Crippen molar-refractivity contribution < 1.29 is 19.1 Å². The van der Waals surface area contributed by atoms with E-state index < -0.39 is 11.8 Å². The minimum atomic E-state index is -0.407. The fraction of sp³-hybridized carbons (Fsp3) is 0.529. The molecule has 134 valence electrons. The Balaban J connectivity index is 2.45. The predicted molar refractivity (Wildman–Crippen MR) is 95.9 cm³/mol. The summed E-state index contributed by atoms with van der Waals surface area (Å²) >= 11 is 3.40. The van der Waals surface area contributed by atoms with Crippen LogP contribution in [-0.4, -0.2) is 31.6 Å². The second-order valence-electron chi connectivity index (χ2n) is 5.19. The molecule has 24 heavy (non-hydrogen) atoms. The van der Waals surface area contributed by atoms with Crippen molar-refractivity contribution in [2.45, 2.75) is 39.5 Å². The first-order valence-corrected chi connectivity index (χ1v) is 8.97. The van der Waals surface area contributed by atoms with Gasteiger partial charge in [0.15, 0.2) is 0 Å². The molecule has 1 aromatic carbocycles. The number of nitrogens with one attached hydrogen (secondary N) is 2. The summed E-state index contributed by atoms with van der Waals surface area (Å²) in [5.41, 5.74) is 5.05. The van der Waals surface area contributed by atoms with E-state index in [0.29, 0.717) is 29.0 Å². The fourth-order valence-corrected chi connectivity index (χ4v) is 2.39. The van der Waals surface area contributed by atoms with Crippen molar-refractivity contribution >= 4 is 27.7 Å². The highest BCUT2D eigenvalue weighted by Gasteiger charge is 2.10. The Labute approximate surface area is 151 Å². The number of hydrogen-bond acceptors (Lipinski definition) is 4. The quantitative estimate of drug-likeness (QED) is 0.466. The number of hydrogen-bond donors (Lipinski definition) is 2. The molecule has 1 aromatic rings. The molecule has 2 N–H and O–H groups in total. The summed E-state index contributed by atoms with van der Waals surface area (Å²) in [6.45, 7) is 4.95. The van der Waals surface area contributed by atoms with Crippen LogP contribution < -0.4 is 15.6 Å². The number of carbonyl (C=O) groups is 2. The van der Waals surface area contributed by atoms with E-state index in [1.165, 1.54) is 12.8 Å². The Bertz CT molecular complexity index is 537. The SMILES string of the molecule is CCCCCCOc1ccc(C(=O)NNC(=O)COCC)cc1Br. The number of benzene rings is 1. The number of amides is 2. The van der Waals surface area contributed by atoms with Crippen LogP contribution in [0.4, 0.5) is 0 Å². The summed E-state index contributed by atoms with van der Waals surface area (Å²) < 4.78 is 11.3. The molecule has 0 bridgehead atoms. The molecule has 1 rings (SSSR count). The van der Waals surface area contributed by atoms with Gasteiger partial charge in [-0.2, -0.15) is 0 Å². The van der Waals surface area contributed by atoms with Crippen molar-refractivity contribution in [1.82, 2.24) is 10.9 Å². The molecule has 0 aliphatic heterocycles. The van der Waals surface area contributed by atoms with Crippen molar-refractivity contribution in [3.05, 3.63) is 28.2 Å². The average Bonchev–Trinajstić information content (AvgIpc) is 2.58. The van der Waals surface area contributed by atoms with E-state index in [1.807, 2.05) is 0 Å². The van der Waals surface area contributed by atoms with Crippen LogP contribution in [0.15, 0.2) is 22.7 Å². The van der Waals surface area contributed by atoms with Crippen molar-refractivity contribution in [3.63, 3.8) is 0 Å². The average molecular weight is 401 g/mol. The first kappa shape index (κ1) is 20.4. The van der Waals surface area contributed by atoms with Gasteiger partial charge in [0.25, 0.3) is 11.8 Å². The summed E-state index contributed by atoms with van der Waals surface area (Å²) in [6.07, 6.45) is 4.55. The third kappa shape index (κ3) is 7.79. The number of unbranched alkanes of at least 4 members (excludes halogenated alkanes) is 3. The molecule has 7 heteroatoms. The zero-order valence-electron chi connectivity index (χ0n) is 14.2. The minimum Gasteiger partial charge on any atom is -0.492 e. The van der Waals surface area contributed by atoms with Gasteiger partial charge in [-0.25, -0.2) is 0 Å². The fourth-order valence-electron chi connectivity index (χ4n) is 1.90. The third-order valence-corrected chi connectivity index (χ3v) is 3.82. The molecule has 0 unspecified atom stereocenters. The first-order chi connectivity index (χ1) is 11.6. The van der Waals surface area contributed by atoms with Gasteiger partial charge in [0.1, 0.15) is 12.4 Å². The maximum Gasteiger partial charge on any atom is 0.269 e. The van der Waals surface area contributed by atoms with Crippen LogP contribution in [0.25, 0.3) is 0 Å². The Hall–Kier alpha value is -1.60. The normalized spacial score (nSPS) is 10.3. The van der Waals surface area contributed by atoms with Gasteiger partial charge in [-0.15, -0.1) is 0 Å². The van der Waals surface area contributed by atoms with Crippen molar-refractivity contribution in [3.8, 4) is 5.75 Å². The Morgan fingerprint density at radius 2 is 1.92 bits per heavy atom. The van der Waals surface area contributed by atoms with Crippen LogP contribution in [0.2, 0.25) is 0 Å². The number of halogens is 1. The highest BCUT2D eigenvalue weighted by Crippen LogP contribution is 2.26. The van der Waals surface area contributed by atoms with Gasteiger partial charge in [0.2, 0.25) is 0 Å². The maximum absolute atomic E-state index is 12.0. The lowest BCUT2D eigenvalue weighted by molar-refractivity contribution is -0.126. The first-order valence-electron chi connectivity index (χ1n) is 8.17. The van der Waals surface area contributed by atoms with Crippen molar-refractivity contribution in [2.24, 2.45) is 0 Å². The molecule has 0 saturated carbocycles. The van der Waals surface area contributed by atoms with Crippen molar-refractivity contribution in [2.75, 3.05) is 19.8 Å². The molecule has 0 saturated heterocycles. The molecule has 0 radical (unpaired) electrons. The number of carbonyl (C=O) groups excluding carboxylic acids is 2. The lowest BCUT2D eigenvalue weighted by atomic mass is 10.2. The van der Waals surface area contributed by atoms with Crippen molar-refractivity contribution in [1.29, 1.82) is 0 Å². The molecule has 0 aliphatic rings. The van der Waals surface area contributed by atoms with Gasteiger partial charge in [-0.3, -0.25) is 20.4 Å². The zero-order chi connectivity index (χ0) is 17.8. The van der Waals surface area contributed by atoms with E-state index in [4.69, 9.17) is 9.47 Å². The maximum atomic E-state index is 12.0. The topological polar surface area (TPSA) is 76.7 Å². The van der Waals surface area contributed by atoms with Crippen LogP contribution in [0.1, 0.15) is 49.9 Å². The number of ether oxygens (including phenoxy) is 2. The summed E-state index contributed by atoms with van der Waals surface area (Å²) in [6, 6.07) is 5.04. The molecule has 6 nitrogen and oxygen atoms in total. The number of hydrazine groups is 1. The molecule has 0 atom stereocenters. The van der Waals surface area contributed by atoms with E-state index >= 15 is 0 Å². The number of rotatable bonds is 10. The summed E-state index contributed by atoms with van der Waals surface area (Å²) in [7, 11) is 0. The van der Waals surface area contributed by atoms with E-state index in [2.05, 4.69) is 33.7 Å². The Morgan fingerprint density at radius 1 is 1.12 bits per heavy atom. The predicted octanol–water partition coefficient (Wildman–Crippen LogP) is 3.21. The molecular formula is C17H25BrN2O4. The van der Waals surface area contributed by atoms with E-state index in [9.17, 15) is 9.59 Å². The molecule has 0 fully saturated rings. The van der Waals surface area contributed by atoms with E-state index in [-0.39, 0.29) is 6.61 Å². The second kappa shape index (κ2) is 11.9. The summed E-state index contributed by atoms with van der Waals surface area (Å²) in [5, 5.41) is 0. The van der Waals surface area contributed by atoms with Gasteiger partial charge >= 0.3 is 0 Å². The minimum absolute atomic E-state index is 0.0920. The van der Waals surface area contributed by atoms with Crippen LogP contribution in [-0.2, 0) is 9.53 Å². The van der Waals surface area contributed by atoms with Crippen LogP contribution in [0.3, 0.4) is 0 Å². The van der Waals surface area contributed by atoms with Gasteiger partial charge < -0.3 is 9.47 Å². The summed E-state index contributed by atoms with van der Waals surface area (Å²) in [4.78, 5) is 23.4. The highest BCUT2D eigenvalue weighted by atomic mass is 79.9. The highest BCUT2D eigenvalue weighted by molar-refractivity contribution is 9.10. The smallest absolute Gasteiger partial charge is 0.269 e. The van der Waals surface area contributed by atoms with Gasteiger partial charge in [-0.1, -0.05) is 26.2 Å². The van der Waals surface area contributed by atoms with Crippen LogP contribution >= 0.6 is 15.9 Å². The third-order valence-electron chi connectivity index (χ3n) is 3.20. The Morgan fingerprint density at radius 3 is 2.58 bits per heavy atom. The van der Waals surface area contributed by atoms with Gasteiger partial charge in [-0.05, 0) is 47.5 Å². The summed E-state index contributed by atoms with van der Waals surface area (Å²) in [5.74, 6) is -0.116. The monoisotopic (exact) mass is 400 g/mol. The molecule has 0 aliphatic carbocycles. The standard InChI is InChI=1S/C17H25BrN2O4/c1-3-5-6-7-10-24-15-9-8-13(11-14(15)18)17(22)20-19-16(21)12-23-4-2/h8-9,11H,3-7,10,12H2,1-2H3,(H,19,21)(H,20,22). The van der Waals surface area contributed by atoms with Gasteiger partial charge in [0, 0.05) is 12.2 Å². The van der Waals surface area contributed by atoms with E-state index in [1.54, 1.807) is 25.1 Å². The lowest BCUT2D eigenvalue weighted by Gasteiger charge is -2.11. The van der Waals surface area contributed by atoms with Crippen LogP contribution in [0, 0.1) is 0 Å². The second-order valence-corrected chi connectivity index (χ2v) is 6.05. The largest absolute Gasteiger partial charge is 0.492 e. The van der Waals surface area contributed by atoms with E-state index in [0.717, 1.165) is 12.8 Å². The molecule has 0 heterocycles. The Kier molecular flexibility index (Phi) is 10.1.